The molecular weight excluding hydrogens is 204 g/mol. The molecule has 1 heterocycles. The molecule has 0 amide bonds. The molecule has 0 saturated heterocycles. The van der Waals surface area contributed by atoms with E-state index in [0.29, 0.717) is 6.04 Å². The summed E-state index contributed by atoms with van der Waals surface area (Å²) in [5, 5.41) is 4.31. The Morgan fingerprint density at radius 3 is 2.73 bits per heavy atom. The van der Waals surface area contributed by atoms with Crippen LogP contribution in [0.25, 0.3) is 0 Å². The maximum atomic E-state index is 4.31. The fourth-order valence-corrected chi connectivity index (χ4v) is 1.80. The first kappa shape index (κ1) is 7.35. The van der Waals surface area contributed by atoms with Crippen molar-refractivity contribution in [2.45, 2.75) is 32.2 Å². The minimum Gasteiger partial charge on any atom is -0.255 e. The Labute approximate surface area is 74.7 Å². The van der Waals surface area contributed by atoms with E-state index in [4.69, 9.17) is 0 Å². The Morgan fingerprint density at radius 1 is 1.64 bits per heavy atom. The smallest absolute Gasteiger partial charge is 0.107 e. The van der Waals surface area contributed by atoms with E-state index in [0.717, 1.165) is 4.60 Å². The summed E-state index contributed by atoms with van der Waals surface area (Å²) in [4.78, 5) is 0. The fraction of sp³-hybridized carbons (Fsp3) is 0.625. The van der Waals surface area contributed by atoms with Crippen LogP contribution in [0.2, 0.25) is 0 Å². The lowest BCUT2D eigenvalue weighted by Crippen LogP contribution is -2.18. The second kappa shape index (κ2) is 2.63. The van der Waals surface area contributed by atoms with Crippen molar-refractivity contribution in [2.75, 3.05) is 0 Å². The molecule has 1 saturated carbocycles. The molecular formula is C8H11BrN2. The molecule has 0 aliphatic heterocycles. The van der Waals surface area contributed by atoms with Gasteiger partial charge in [-0.05, 0) is 42.1 Å². The monoisotopic (exact) mass is 214 g/mol. The lowest BCUT2D eigenvalue weighted by molar-refractivity contribution is 0.285. The van der Waals surface area contributed by atoms with Crippen molar-refractivity contribution in [2.24, 2.45) is 0 Å². The van der Waals surface area contributed by atoms with Crippen LogP contribution in [0.5, 0.6) is 0 Å². The molecule has 1 fully saturated rings. The molecule has 0 unspecified atom stereocenters. The predicted octanol–water partition coefficient (Wildman–Crippen LogP) is 2.68. The zero-order chi connectivity index (χ0) is 7.84. The van der Waals surface area contributed by atoms with Crippen molar-refractivity contribution in [1.82, 2.24) is 9.78 Å². The second-order valence-electron chi connectivity index (χ2n) is 3.15. The lowest BCUT2D eigenvalue weighted by Gasteiger charge is -2.26. The Hall–Kier alpha value is -0.310. The molecule has 2 rings (SSSR count). The third-order valence-electron chi connectivity index (χ3n) is 2.32. The first-order chi connectivity index (χ1) is 5.29. The van der Waals surface area contributed by atoms with Gasteiger partial charge in [-0.2, -0.15) is 5.10 Å². The number of rotatable bonds is 1. The highest BCUT2D eigenvalue weighted by molar-refractivity contribution is 9.10. The summed E-state index contributed by atoms with van der Waals surface area (Å²) < 4.78 is 3.25. The van der Waals surface area contributed by atoms with Gasteiger partial charge < -0.3 is 0 Å². The molecule has 2 nitrogen and oxygen atoms in total. The fourth-order valence-electron chi connectivity index (χ4n) is 1.32. The molecule has 1 aromatic heterocycles. The van der Waals surface area contributed by atoms with E-state index in [1.165, 1.54) is 24.8 Å². The molecule has 1 aliphatic rings. The second-order valence-corrected chi connectivity index (χ2v) is 3.90. The van der Waals surface area contributed by atoms with Gasteiger partial charge in [0.1, 0.15) is 4.60 Å². The first-order valence-corrected chi connectivity index (χ1v) is 4.78. The van der Waals surface area contributed by atoms with Gasteiger partial charge in [0.25, 0.3) is 0 Å². The summed E-state index contributed by atoms with van der Waals surface area (Å²) in [6, 6.07) is 0.665. The van der Waals surface area contributed by atoms with Crippen LogP contribution >= 0.6 is 15.9 Å². The number of aryl methyl sites for hydroxylation is 1. The molecule has 3 heteroatoms. The van der Waals surface area contributed by atoms with Crippen molar-refractivity contribution >= 4 is 15.9 Å². The Balaban J connectivity index is 2.29. The summed E-state index contributed by atoms with van der Waals surface area (Å²) >= 11 is 3.53. The SMILES string of the molecule is Cc1cnn(C2CCC2)c1Br. The summed E-state index contributed by atoms with van der Waals surface area (Å²) in [6.07, 6.45) is 5.86. The number of nitrogens with zero attached hydrogens (tertiary/aromatic N) is 2. The number of hydrogen-bond acceptors (Lipinski definition) is 1. The summed E-state index contributed by atoms with van der Waals surface area (Å²) in [5.74, 6) is 0. The van der Waals surface area contributed by atoms with Crippen molar-refractivity contribution in [3.63, 3.8) is 0 Å². The Kier molecular flexibility index (Phi) is 1.75. The maximum Gasteiger partial charge on any atom is 0.107 e. The van der Waals surface area contributed by atoms with Crippen LogP contribution in [0.4, 0.5) is 0 Å². The van der Waals surface area contributed by atoms with E-state index in [2.05, 4.69) is 32.6 Å². The van der Waals surface area contributed by atoms with Crippen molar-refractivity contribution in [1.29, 1.82) is 0 Å². The first-order valence-electron chi connectivity index (χ1n) is 3.98. The van der Waals surface area contributed by atoms with Crippen LogP contribution in [0.15, 0.2) is 10.8 Å². The Bertz CT molecular complexity index is 263. The molecule has 0 N–H and O–H groups in total. The summed E-state index contributed by atoms with van der Waals surface area (Å²) in [6.45, 7) is 2.08. The standard InChI is InChI=1S/C8H11BrN2/c1-6-5-10-11(8(6)9)7-3-2-4-7/h5,7H,2-4H2,1H3. The largest absolute Gasteiger partial charge is 0.255 e. The third-order valence-corrected chi connectivity index (χ3v) is 3.31. The molecule has 0 aromatic carbocycles. The van der Waals surface area contributed by atoms with Gasteiger partial charge in [0.15, 0.2) is 0 Å². The van der Waals surface area contributed by atoms with E-state index in [9.17, 15) is 0 Å². The van der Waals surface area contributed by atoms with Gasteiger partial charge in [0.05, 0.1) is 12.2 Å². The minimum absolute atomic E-state index is 0.665. The molecule has 60 valence electrons. The number of hydrogen-bond donors (Lipinski definition) is 0. The van der Waals surface area contributed by atoms with E-state index in [1.807, 2.05) is 6.20 Å². The lowest BCUT2D eigenvalue weighted by atomic mass is 9.93. The zero-order valence-corrected chi connectivity index (χ0v) is 8.13. The number of aromatic nitrogens is 2. The van der Waals surface area contributed by atoms with Gasteiger partial charge in [-0.1, -0.05) is 0 Å². The summed E-state index contributed by atoms with van der Waals surface area (Å²) in [5.41, 5.74) is 1.23. The van der Waals surface area contributed by atoms with Crippen LogP contribution in [0.3, 0.4) is 0 Å². The highest BCUT2D eigenvalue weighted by Crippen LogP contribution is 2.34. The highest BCUT2D eigenvalue weighted by atomic mass is 79.9. The van der Waals surface area contributed by atoms with Crippen molar-refractivity contribution < 1.29 is 0 Å². The van der Waals surface area contributed by atoms with Crippen LogP contribution in [0, 0.1) is 6.92 Å². The van der Waals surface area contributed by atoms with E-state index in [-0.39, 0.29) is 0 Å². The van der Waals surface area contributed by atoms with Gasteiger partial charge in [-0.15, -0.1) is 0 Å². The minimum atomic E-state index is 0.665. The van der Waals surface area contributed by atoms with Gasteiger partial charge in [0.2, 0.25) is 0 Å². The average Bonchev–Trinajstić information content (AvgIpc) is 2.15. The van der Waals surface area contributed by atoms with Gasteiger partial charge in [0, 0.05) is 5.56 Å². The zero-order valence-electron chi connectivity index (χ0n) is 6.55. The van der Waals surface area contributed by atoms with Crippen molar-refractivity contribution in [3.8, 4) is 0 Å². The van der Waals surface area contributed by atoms with Gasteiger partial charge in [-0.3, -0.25) is 4.68 Å². The van der Waals surface area contributed by atoms with E-state index < -0.39 is 0 Å². The van der Waals surface area contributed by atoms with Crippen LogP contribution in [-0.2, 0) is 0 Å². The molecule has 11 heavy (non-hydrogen) atoms. The average molecular weight is 215 g/mol. The number of halogens is 1. The van der Waals surface area contributed by atoms with Crippen LogP contribution in [0.1, 0.15) is 30.9 Å². The molecule has 1 aliphatic carbocycles. The normalized spacial score (nSPS) is 18.4. The van der Waals surface area contributed by atoms with Crippen molar-refractivity contribution in [3.05, 3.63) is 16.4 Å². The molecule has 1 aromatic rings. The van der Waals surface area contributed by atoms with Crippen LogP contribution in [-0.4, -0.2) is 9.78 Å². The third kappa shape index (κ3) is 1.11. The quantitative estimate of drug-likeness (QED) is 0.704. The molecule has 0 spiro atoms. The molecule has 0 bridgehead atoms. The maximum absolute atomic E-state index is 4.31. The molecule has 0 atom stereocenters. The predicted molar refractivity (Wildman–Crippen MR) is 47.6 cm³/mol. The van der Waals surface area contributed by atoms with Crippen LogP contribution < -0.4 is 0 Å². The topological polar surface area (TPSA) is 17.8 Å². The molecule has 0 radical (unpaired) electrons. The van der Waals surface area contributed by atoms with Gasteiger partial charge in [-0.25, -0.2) is 0 Å². The van der Waals surface area contributed by atoms with E-state index >= 15 is 0 Å². The highest BCUT2D eigenvalue weighted by Gasteiger charge is 2.22. The summed E-state index contributed by atoms with van der Waals surface area (Å²) in [7, 11) is 0. The van der Waals surface area contributed by atoms with E-state index in [1.54, 1.807) is 0 Å². The Morgan fingerprint density at radius 2 is 2.36 bits per heavy atom. The van der Waals surface area contributed by atoms with Gasteiger partial charge >= 0.3 is 0 Å².